The van der Waals surface area contributed by atoms with Gasteiger partial charge in [-0.05, 0) is 38.0 Å². The molecular formula is C11H20N2. The molecule has 3 N–H and O–H groups in total. The Balaban J connectivity index is 1.97. The van der Waals surface area contributed by atoms with Crippen LogP contribution in [0.15, 0.2) is 11.8 Å². The molecule has 1 aliphatic carbocycles. The first-order chi connectivity index (χ1) is 6.27. The number of rotatable bonds is 2. The first kappa shape index (κ1) is 9.07. The molecule has 1 saturated carbocycles. The van der Waals surface area contributed by atoms with Crippen molar-refractivity contribution in [3.63, 3.8) is 0 Å². The highest BCUT2D eigenvalue weighted by molar-refractivity contribution is 5.18. The van der Waals surface area contributed by atoms with Crippen molar-refractivity contribution < 1.29 is 0 Å². The minimum absolute atomic E-state index is 0.314. The average Bonchev–Trinajstić information content (AvgIpc) is 2.48. The van der Waals surface area contributed by atoms with Crippen LogP contribution in [0.1, 0.15) is 39.0 Å². The lowest BCUT2D eigenvalue weighted by molar-refractivity contribution is 0.335. The minimum atomic E-state index is 0.314. The summed E-state index contributed by atoms with van der Waals surface area (Å²) in [6, 6.07) is 1.05. The largest absolute Gasteiger partial charge is 0.388 e. The first-order valence-corrected chi connectivity index (χ1v) is 5.48. The SMILES string of the molecule is C[C@@H](N)CC1=CNC2CCCCC12. The second-order valence-corrected chi connectivity index (χ2v) is 4.56. The van der Waals surface area contributed by atoms with Gasteiger partial charge < -0.3 is 11.1 Å². The maximum Gasteiger partial charge on any atom is 0.0321 e. The zero-order chi connectivity index (χ0) is 9.26. The van der Waals surface area contributed by atoms with E-state index < -0.39 is 0 Å². The molecule has 2 unspecified atom stereocenters. The lowest BCUT2D eigenvalue weighted by Crippen LogP contribution is -2.31. The van der Waals surface area contributed by atoms with Crippen LogP contribution in [0.25, 0.3) is 0 Å². The summed E-state index contributed by atoms with van der Waals surface area (Å²) in [6.07, 6.45) is 8.82. The first-order valence-electron chi connectivity index (χ1n) is 5.48. The van der Waals surface area contributed by atoms with Crippen molar-refractivity contribution in [3.8, 4) is 0 Å². The van der Waals surface area contributed by atoms with E-state index in [1.807, 2.05) is 0 Å². The van der Waals surface area contributed by atoms with Gasteiger partial charge >= 0.3 is 0 Å². The number of nitrogens with one attached hydrogen (secondary N) is 1. The Bertz CT molecular complexity index is 208. The van der Waals surface area contributed by atoms with E-state index >= 15 is 0 Å². The molecule has 0 amide bonds. The van der Waals surface area contributed by atoms with Crippen LogP contribution < -0.4 is 11.1 Å². The van der Waals surface area contributed by atoms with E-state index in [2.05, 4.69) is 18.4 Å². The zero-order valence-electron chi connectivity index (χ0n) is 8.42. The van der Waals surface area contributed by atoms with Crippen LogP contribution in [0.5, 0.6) is 0 Å². The van der Waals surface area contributed by atoms with E-state index in [9.17, 15) is 0 Å². The summed E-state index contributed by atoms with van der Waals surface area (Å²) in [7, 11) is 0. The van der Waals surface area contributed by atoms with Gasteiger partial charge in [0.1, 0.15) is 0 Å². The number of hydrogen-bond donors (Lipinski definition) is 2. The Hall–Kier alpha value is -0.500. The molecule has 0 radical (unpaired) electrons. The van der Waals surface area contributed by atoms with Crippen molar-refractivity contribution in [1.82, 2.24) is 5.32 Å². The highest BCUT2D eigenvalue weighted by atomic mass is 14.9. The molecule has 0 aromatic carbocycles. The Morgan fingerprint density at radius 3 is 3.08 bits per heavy atom. The summed E-state index contributed by atoms with van der Waals surface area (Å²) in [5.74, 6) is 0.805. The summed E-state index contributed by atoms with van der Waals surface area (Å²) >= 11 is 0. The molecule has 0 aromatic rings. The van der Waals surface area contributed by atoms with Crippen LogP contribution in [0.3, 0.4) is 0 Å². The average molecular weight is 180 g/mol. The molecule has 2 nitrogen and oxygen atoms in total. The van der Waals surface area contributed by atoms with Crippen LogP contribution >= 0.6 is 0 Å². The Labute approximate surface area is 80.6 Å². The highest BCUT2D eigenvalue weighted by Crippen LogP contribution is 2.35. The predicted molar refractivity (Wildman–Crippen MR) is 55.2 cm³/mol. The molecule has 2 aliphatic rings. The summed E-state index contributed by atoms with van der Waals surface area (Å²) in [6.45, 7) is 2.09. The monoisotopic (exact) mass is 180 g/mol. The van der Waals surface area contributed by atoms with Crippen LogP contribution in [0.4, 0.5) is 0 Å². The Morgan fingerprint density at radius 2 is 2.31 bits per heavy atom. The quantitative estimate of drug-likeness (QED) is 0.679. The third-order valence-corrected chi connectivity index (χ3v) is 3.28. The maximum atomic E-state index is 5.83. The summed E-state index contributed by atoms with van der Waals surface area (Å²) < 4.78 is 0. The van der Waals surface area contributed by atoms with E-state index in [4.69, 9.17) is 5.73 Å². The fourth-order valence-electron chi connectivity index (χ4n) is 2.68. The van der Waals surface area contributed by atoms with Crippen molar-refractivity contribution in [3.05, 3.63) is 11.8 Å². The molecule has 0 aromatic heterocycles. The molecule has 2 rings (SSSR count). The highest BCUT2D eigenvalue weighted by Gasteiger charge is 2.31. The van der Waals surface area contributed by atoms with Crippen LogP contribution in [0.2, 0.25) is 0 Å². The molecule has 13 heavy (non-hydrogen) atoms. The molecule has 1 fully saturated rings. The van der Waals surface area contributed by atoms with E-state index in [1.165, 1.54) is 25.7 Å². The van der Waals surface area contributed by atoms with E-state index in [0.717, 1.165) is 18.4 Å². The molecule has 74 valence electrons. The smallest absolute Gasteiger partial charge is 0.0321 e. The standard InChI is InChI=1S/C11H20N2/c1-8(12)6-9-7-13-11-5-3-2-4-10(9)11/h7-8,10-11,13H,2-6,12H2,1H3/t8-,10?,11?/m1/s1. The second-order valence-electron chi connectivity index (χ2n) is 4.56. The molecule has 1 heterocycles. The van der Waals surface area contributed by atoms with Gasteiger partial charge in [0.25, 0.3) is 0 Å². The third-order valence-electron chi connectivity index (χ3n) is 3.28. The molecule has 0 bridgehead atoms. The lowest BCUT2D eigenvalue weighted by Gasteiger charge is -2.27. The van der Waals surface area contributed by atoms with Crippen molar-refractivity contribution in [1.29, 1.82) is 0 Å². The van der Waals surface area contributed by atoms with Crippen LogP contribution in [-0.4, -0.2) is 12.1 Å². The van der Waals surface area contributed by atoms with Gasteiger partial charge in [-0.25, -0.2) is 0 Å². The van der Waals surface area contributed by atoms with Gasteiger partial charge in [-0.15, -0.1) is 0 Å². The maximum absolute atomic E-state index is 5.83. The van der Waals surface area contributed by atoms with Gasteiger partial charge in [0.05, 0.1) is 0 Å². The van der Waals surface area contributed by atoms with Crippen LogP contribution in [-0.2, 0) is 0 Å². The van der Waals surface area contributed by atoms with E-state index in [1.54, 1.807) is 5.57 Å². The molecule has 1 aliphatic heterocycles. The topological polar surface area (TPSA) is 38.0 Å². The van der Waals surface area contributed by atoms with Gasteiger partial charge in [0, 0.05) is 18.0 Å². The number of nitrogens with two attached hydrogens (primary N) is 1. The summed E-state index contributed by atoms with van der Waals surface area (Å²) in [5, 5.41) is 3.50. The fraction of sp³-hybridized carbons (Fsp3) is 0.818. The predicted octanol–water partition coefficient (Wildman–Crippen LogP) is 1.77. The van der Waals surface area contributed by atoms with Crippen molar-refractivity contribution in [2.24, 2.45) is 11.7 Å². The number of hydrogen-bond acceptors (Lipinski definition) is 2. The van der Waals surface area contributed by atoms with Crippen molar-refractivity contribution in [2.75, 3.05) is 0 Å². The van der Waals surface area contributed by atoms with Gasteiger partial charge in [0.15, 0.2) is 0 Å². The molecule has 0 spiro atoms. The van der Waals surface area contributed by atoms with Crippen molar-refractivity contribution >= 4 is 0 Å². The normalized spacial score (nSPS) is 34.8. The summed E-state index contributed by atoms with van der Waals surface area (Å²) in [5.41, 5.74) is 7.39. The van der Waals surface area contributed by atoms with E-state index in [-0.39, 0.29) is 0 Å². The minimum Gasteiger partial charge on any atom is -0.388 e. The van der Waals surface area contributed by atoms with Gasteiger partial charge in [0.2, 0.25) is 0 Å². The summed E-state index contributed by atoms with van der Waals surface area (Å²) in [4.78, 5) is 0. The molecule has 2 heteroatoms. The lowest BCUT2D eigenvalue weighted by atomic mass is 9.80. The van der Waals surface area contributed by atoms with Crippen molar-refractivity contribution in [2.45, 2.75) is 51.1 Å². The second kappa shape index (κ2) is 3.70. The Morgan fingerprint density at radius 1 is 1.54 bits per heavy atom. The molecule has 0 saturated heterocycles. The molecule has 3 atom stereocenters. The van der Waals surface area contributed by atoms with E-state index in [0.29, 0.717) is 6.04 Å². The van der Waals surface area contributed by atoms with Crippen LogP contribution in [0, 0.1) is 5.92 Å². The Kier molecular flexibility index (Phi) is 2.58. The zero-order valence-corrected chi connectivity index (χ0v) is 8.42. The molecular weight excluding hydrogens is 160 g/mol. The third kappa shape index (κ3) is 1.88. The fourth-order valence-corrected chi connectivity index (χ4v) is 2.68. The van der Waals surface area contributed by atoms with Gasteiger partial charge in [-0.1, -0.05) is 12.8 Å². The van der Waals surface area contributed by atoms with Gasteiger partial charge in [-0.2, -0.15) is 0 Å². The number of fused-ring (bicyclic) bond motifs is 1. The van der Waals surface area contributed by atoms with Gasteiger partial charge in [-0.3, -0.25) is 0 Å².